The highest BCUT2D eigenvalue weighted by atomic mass is 16.2. The van der Waals surface area contributed by atoms with Gasteiger partial charge in [0.05, 0.1) is 0 Å². The maximum atomic E-state index is 13.0. The number of urea groups is 1. The molecule has 1 aliphatic rings. The van der Waals surface area contributed by atoms with E-state index >= 15 is 0 Å². The van der Waals surface area contributed by atoms with Crippen LogP contribution in [0.3, 0.4) is 0 Å². The van der Waals surface area contributed by atoms with Crippen molar-refractivity contribution in [3.8, 4) is 0 Å². The Hall–Kier alpha value is -3.41. The Labute approximate surface area is 209 Å². The maximum absolute atomic E-state index is 13.0. The summed E-state index contributed by atoms with van der Waals surface area (Å²) < 4.78 is 0. The molecule has 6 heteroatoms. The van der Waals surface area contributed by atoms with E-state index in [0.717, 1.165) is 61.9 Å². The highest BCUT2D eigenvalue weighted by Crippen LogP contribution is 2.26. The predicted octanol–water partition coefficient (Wildman–Crippen LogP) is 5.61. The van der Waals surface area contributed by atoms with Gasteiger partial charge in [0, 0.05) is 49.5 Å². The van der Waals surface area contributed by atoms with E-state index < -0.39 is 0 Å². The number of hydrogen-bond acceptors (Lipinski definition) is 4. The molecule has 184 valence electrons. The van der Waals surface area contributed by atoms with Crippen molar-refractivity contribution in [2.45, 2.75) is 53.9 Å². The van der Waals surface area contributed by atoms with Crippen LogP contribution in [0.25, 0.3) is 0 Å². The average Bonchev–Trinajstić information content (AvgIpc) is 3.10. The van der Waals surface area contributed by atoms with E-state index in [0.29, 0.717) is 6.54 Å². The summed E-state index contributed by atoms with van der Waals surface area (Å²) in [6.45, 7) is 13.4. The zero-order chi connectivity index (χ0) is 24.9. The first-order chi connectivity index (χ1) is 16.8. The van der Waals surface area contributed by atoms with E-state index in [2.05, 4.69) is 62.2 Å². The van der Waals surface area contributed by atoms with Crippen LogP contribution in [0.4, 0.5) is 16.3 Å². The van der Waals surface area contributed by atoms with Crippen molar-refractivity contribution >= 4 is 17.5 Å². The number of carbonyl (C=O) groups excluding carboxylic acids is 1. The molecule has 35 heavy (non-hydrogen) atoms. The van der Waals surface area contributed by atoms with Crippen molar-refractivity contribution in [2.75, 3.05) is 36.4 Å². The second kappa shape index (κ2) is 10.9. The number of anilines is 2. The lowest BCUT2D eigenvalue weighted by Gasteiger charge is -2.26. The summed E-state index contributed by atoms with van der Waals surface area (Å²) in [4.78, 5) is 27.0. The summed E-state index contributed by atoms with van der Waals surface area (Å²) in [5.74, 6) is 1.82. The molecule has 1 aliphatic heterocycles. The lowest BCUT2D eigenvalue weighted by molar-refractivity contribution is 0.215. The summed E-state index contributed by atoms with van der Waals surface area (Å²) in [7, 11) is 0. The Kier molecular flexibility index (Phi) is 7.69. The Balaban J connectivity index is 1.52. The molecule has 3 aromatic rings. The van der Waals surface area contributed by atoms with Crippen LogP contribution in [0.2, 0.25) is 0 Å². The molecule has 0 unspecified atom stereocenters. The number of nitrogens with zero attached hydrogens (tertiary/aromatic N) is 4. The highest BCUT2D eigenvalue weighted by Gasteiger charge is 2.23. The molecule has 2 aromatic carbocycles. The molecule has 0 saturated carbocycles. The number of rotatable bonds is 5. The van der Waals surface area contributed by atoms with Crippen LogP contribution in [-0.2, 0) is 12.8 Å². The molecule has 0 bridgehead atoms. The smallest absolute Gasteiger partial charge is 0.321 e. The van der Waals surface area contributed by atoms with Gasteiger partial charge < -0.3 is 15.1 Å². The Bertz CT molecular complexity index is 1190. The van der Waals surface area contributed by atoms with Gasteiger partial charge in [-0.05, 0) is 69.4 Å². The summed E-state index contributed by atoms with van der Waals surface area (Å²) >= 11 is 0. The lowest BCUT2D eigenvalue weighted by Crippen LogP contribution is -2.38. The van der Waals surface area contributed by atoms with E-state index in [1.54, 1.807) is 0 Å². The van der Waals surface area contributed by atoms with Crippen molar-refractivity contribution in [2.24, 2.45) is 0 Å². The third-order valence-corrected chi connectivity index (χ3v) is 6.86. The van der Waals surface area contributed by atoms with Gasteiger partial charge in [0.15, 0.2) is 0 Å². The Morgan fingerprint density at radius 2 is 1.69 bits per heavy atom. The van der Waals surface area contributed by atoms with E-state index in [4.69, 9.17) is 9.97 Å². The first-order valence-electron chi connectivity index (χ1n) is 12.6. The quantitative estimate of drug-likeness (QED) is 0.526. The first-order valence-corrected chi connectivity index (χ1v) is 12.6. The van der Waals surface area contributed by atoms with Crippen LogP contribution >= 0.6 is 0 Å². The average molecular weight is 472 g/mol. The summed E-state index contributed by atoms with van der Waals surface area (Å²) in [6, 6.07) is 14.7. The largest absolute Gasteiger partial charge is 0.354 e. The molecule has 2 heterocycles. The van der Waals surface area contributed by atoms with Crippen molar-refractivity contribution in [1.82, 2.24) is 14.9 Å². The van der Waals surface area contributed by atoms with Gasteiger partial charge in [-0.3, -0.25) is 0 Å². The monoisotopic (exact) mass is 471 g/mol. The van der Waals surface area contributed by atoms with E-state index in [-0.39, 0.29) is 6.03 Å². The molecule has 0 radical (unpaired) electrons. The third-order valence-electron chi connectivity index (χ3n) is 6.86. The molecule has 0 spiro atoms. The molecule has 1 fully saturated rings. The van der Waals surface area contributed by atoms with Gasteiger partial charge in [-0.1, -0.05) is 42.8 Å². The SMILES string of the molecule is CCc1nc(C)nc(N2CCCN(C(=O)Nc3ccc(C)c(C)c3)CC2)c1Cc1ccc(C)cc1. The van der Waals surface area contributed by atoms with E-state index in [1.807, 2.05) is 30.0 Å². The molecule has 1 saturated heterocycles. The lowest BCUT2D eigenvalue weighted by atomic mass is 10.0. The van der Waals surface area contributed by atoms with Gasteiger partial charge in [0.2, 0.25) is 0 Å². The number of amides is 2. The van der Waals surface area contributed by atoms with Gasteiger partial charge in [-0.15, -0.1) is 0 Å². The molecule has 1 aromatic heterocycles. The van der Waals surface area contributed by atoms with Crippen LogP contribution in [0.15, 0.2) is 42.5 Å². The van der Waals surface area contributed by atoms with Gasteiger partial charge in [-0.2, -0.15) is 0 Å². The summed E-state index contributed by atoms with van der Waals surface area (Å²) in [5.41, 5.74) is 8.09. The van der Waals surface area contributed by atoms with Gasteiger partial charge in [0.25, 0.3) is 0 Å². The van der Waals surface area contributed by atoms with Crippen LogP contribution in [0.5, 0.6) is 0 Å². The van der Waals surface area contributed by atoms with E-state index in [1.165, 1.54) is 27.8 Å². The number of hydrogen-bond donors (Lipinski definition) is 1. The fourth-order valence-electron chi connectivity index (χ4n) is 4.64. The fraction of sp³-hybridized carbons (Fsp3) is 0.414. The van der Waals surface area contributed by atoms with Gasteiger partial charge in [-0.25, -0.2) is 14.8 Å². The van der Waals surface area contributed by atoms with E-state index in [9.17, 15) is 4.79 Å². The standard InChI is InChI=1S/C29H37N5O/c1-6-27-26(19-24-11-8-20(2)9-12-24)28(31-23(5)30-27)33-14-7-15-34(17-16-33)29(35)32-25-13-10-21(3)22(4)18-25/h8-13,18H,6-7,14-17,19H2,1-5H3,(H,32,35). The second-order valence-electron chi connectivity index (χ2n) is 9.59. The Morgan fingerprint density at radius 1 is 0.914 bits per heavy atom. The summed E-state index contributed by atoms with van der Waals surface area (Å²) in [5, 5.41) is 3.08. The minimum absolute atomic E-state index is 0.0388. The first kappa shape index (κ1) is 24.7. The van der Waals surface area contributed by atoms with Crippen LogP contribution < -0.4 is 10.2 Å². The zero-order valence-corrected chi connectivity index (χ0v) is 21.7. The predicted molar refractivity (Wildman–Crippen MR) is 143 cm³/mol. The zero-order valence-electron chi connectivity index (χ0n) is 21.7. The number of aromatic nitrogens is 2. The normalized spacial score (nSPS) is 14.1. The molecule has 0 atom stereocenters. The molecule has 6 nitrogen and oxygen atoms in total. The minimum Gasteiger partial charge on any atom is -0.354 e. The van der Waals surface area contributed by atoms with Crippen LogP contribution in [0, 0.1) is 27.7 Å². The Morgan fingerprint density at radius 3 is 2.40 bits per heavy atom. The fourth-order valence-corrected chi connectivity index (χ4v) is 4.64. The second-order valence-corrected chi connectivity index (χ2v) is 9.59. The molecule has 0 aliphatic carbocycles. The van der Waals surface area contributed by atoms with Crippen molar-refractivity contribution < 1.29 is 4.79 Å². The topological polar surface area (TPSA) is 61.4 Å². The molecular weight excluding hydrogens is 434 g/mol. The van der Waals surface area contributed by atoms with Crippen molar-refractivity contribution in [1.29, 1.82) is 0 Å². The van der Waals surface area contributed by atoms with Crippen molar-refractivity contribution in [3.05, 3.63) is 81.8 Å². The molecule has 4 rings (SSSR count). The maximum Gasteiger partial charge on any atom is 0.321 e. The van der Waals surface area contributed by atoms with Gasteiger partial charge in [0.1, 0.15) is 11.6 Å². The van der Waals surface area contributed by atoms with Crippen molar-refractivity contribution in [3.63, 3.8) is 0 Å². The highest BCUT2D eigenvalue weighted by molar-refractivity contribution is 5.89. The number of carbonyl (C=O) groups is 1. The van der Waals surface area contributed by atoms with Gasteiger partial charge >= 0.3 is 6.03 Å². The number of nitrogens with one attached hydrogen (secondary N) is 1. The third kappa shape index (κ3) is 5.99. The number of benzene rings is 2. The van der Waals surface area contributed by atoms with Crippen LogP contribution in [-0.4, -0.2) is 47.1 Å². The van der Waals surface area contributed by atoms with Crippen LogP contribution in [0.1, 0.15) is 52.7 Å². The number of aryl methyl sites for hydroxylation is 5. The minimum atomic E-state index is -0.0388. The molecule has 2 amide bonds. The molecular formula is C29H37N5O. The summed E-state index contributed by atoms with van der Waals surface area (Å²) in [6.07, 6.45) is 2.58. The molecule has 1 N–H and O–H groups in total.